The standard InChI is InChI=1S/C14H15NOS.C14H19NO.2C13H17NO2.C13H17NO.C12H15NO.C12H15NS.2CH4/c1-4-7-15-12-8-11(10(2)3)5-6-13(12)17-9-14(15)16;1-9(2)11-6-7-13-12(8-11)15-10(3)14(4,5)16-13;1-8(2)9-3-4-12-11(7-9)10(13(14)15)5-6-16-12;1-8(2)10-7-16-11-6-4-3-5-9(11)12(10)13(14)15;1-9(2)11-5-6-13-12(7-11)14(4)10(3)8-15-13;2*1-8(2)10-4-5-12-11(6-10)13-9(3)7-14-12;;/h1,5-6,8,10H,7,9H2,2-3H3;6-9,15H,3H2,1-2,4-5H3;3-4,7-8,10H,5-6H2,1-2H3,(H2,14,15);3-6,8,10,12H,7H2,1-2H3,(H2,14,15);5-7,9H,3,8H2,1-2,4H3;2*4-6,8,13H,3,7H2,1-2H3;2*1H4. The fraction of sp³-hybridized carbons (Fsp3) is 0.409. The minimum atomic E-state index is -0.341. The van der Waals surface area contributed by atoms with E-state index < -0.39 is 0 Å². The number of nitrogens with zero attached hydrogens (tertiary/aromatic N) is 2. The van der Waals surface area contributed by atoms with Gasteiger partial charge in [0.2, 0.25) is 17.7 Å². The molecule has 0 spiro atoms. The van der Waals surface area contributed by atoms with Crippen LogP contribution >= 0.6 is 23.5 Å². The number of carbonyl (C=O) groups is 3. The number of fused-ring (bicyclic) bond motifs is 7. The van der Waals surface area contributed by atoms with Gasteiger partial charge in [-0.1, -0.05) is 205 Å². The van der Waals surface area contributed by atoms with Crippen molar-refractivity contribution in [3.63, 3.8) is 0 Å². The van der Waals surface area contributed by atoms with Crippen molar-refractivity contribution in [3.05, 3.63) is 227 Å². The van der Waals surface area contributed by atoms with Crippen molar-refractivity contribution in [2.45, 2.75) is 195 Å². The number of rotatable bonds is 10. The number of terminal acetylenes is 1. The normalized spacial score (nSPS) is 16.9. The zero-order valence-electron chi connectivity index (χ0n) is 66.7. The second-order valence-corrected chi connectivity index (χ2v) is 32.8. The summed E-state index contributed by atoms with van der Waals surface area (Å²) in [5.74, 6) is 11.2. The number of para-hydroxylation sites is 1. The fourth-order valence-electron chi connectivity index (χ4n) is 12.7. The molecule has 7 aliphatic rings. The monoisotopic (exact) mass is 1530 g/mol. The summed E-state index contributed by atoms with van der Waals surface area (Å²) in [7, 11) is 2.04. The summed E-state index contributed by atoms with van der Waals surface area (Å²) in [5.41, 5.74) is 29.5. The van der Waals surface area contributed by atoms with Gasteiger partial charge in [-0.25, -0.2) is 0 Å². The molecule has 3 amide bonds. The first-order valence-corrected chi connectivity index (χ1v) is 39.6. The topological polar surface area (TPSA) is 192 Å². The molecule has 7 N–H and O–H groups in total. The van der Waals surface area contributed by atoms with Gasteiger partial charge in [-0.2, -0.15) is 0 Å². The maximum absolute atomic E-state index is 11.8. The molecule has 110 heavy (non-hydrogen) atoms. The van der Waals surface area contributed by atoms with Gasteiger partial charge in [0, 0.05) is 56.7 Å². The zero-order chi connectivity index (χ0) is 79.0. The second-order valence-electron chi connectivity index (χ2n) is 30.8. The number of anilines is 5. The van der Waals surface area contributed by atoms with Crippen molar-refractivity contribution >= 4 is 69.7 Å². The van der Waals surface area contributed by atoms with Gasteiger partial charge in [-0.3, -0.25) is 19.3 Å². The molecule has 7 heterocycles. The van der Waals surface area contributed by atoms with E-state index in [-0.39, 0.29) is 55.9 Å². The van der Waals surface area contributed by atoms with Gasteiger partial charge < -0.3 is 56.0 Å². The molecule has 15 nitrogen and oxygen atoms in total. The Morgan fingerprint density at radius 3 is 1.60 bits per heavy atom. The van der Waals surface area contributed by atoms with Gasteiger partial charge in [0.05, 0.1) is 71.5 Å². The molecule has 7 aromatic carbocycles. The Hall–Kier alpha value is -9.63. The Kier molecular flexibility index (Phi) is 32.7. The van der Waals surface area contributed by atoms with E-state index in [4.69, 9.17) is 41.6 Å². The molecule has 0 aromatic heterocycles. The van der Waals surface area contributed by atoms with Crippen LogP contribution in [0.15, 0.2) is 192 Å². The molecule has 0 radical (unpaired) electrons. The van der Waals surface area contributed by atoms with Gasteiger partial charge in [-0.05, 0) is 168 Å². The van der Waals surface area contributed by atoms with Crippen molar-refractivity contribution < 1.29 is 38.1 Å². The number of nitrogens with one attached hydrogen (secondary N) is 3. The number of hydrogen-bond donors (Lipinski definition) is 5. The number of carbonyl (C=O) groups excluding carboxylic acids is 3. The van der Waals surface area contributed by atoms with E-state index in [0.29, 0.717) is 86.6 Å². The SMILES string of the molecule is C.C.C#CCN1C(=O)CSc2ccc(C(C)C)cc21.C=C1COc2ccc(C(C)C)cc2N1.C=C1COc2ccc(C(C)C)cc2N1C.C=C1CSc2ccc(C(C)C)cc2N1.C=C1Nc2cc(C(C)C)ccc2OC1(C)C.CC(C)C1COc2ccccc2C1C(N)=O.CC(C)c1ccc2c(c1)C(C(N)=O)CCO2. The third-order valence-electron chi connectivity index (χ3n) is 19.9. The molecule has 0 saturated carbocycles. The van der Waals surface area contributed by atoms with E-state index in [0.717, 1.165) is 96.1 Å². The minimum Gasteiger partial charge on any atom is -0.493 e. The first-order chi connectivity index (χ1) is 51.2. The van der Waals surface area contributed by atoms with Gasteiger partial charge >= 0.3 is 0 Å². The van der Waals surface area contributed by atoms with E-state index in [9.17, 15) is 14.4 Å². The van der Waals surface area contributed by atoms with Gasteiger partial charge in [0.25, 0.3) is 0 Å². The number of likely N-dealkylation sites (N-methyl/N-ethyl adjacent to an activating group) is 1. The van der Waals surface area contributed by atoms with Crippen LogP contribution in [0.1, 0.15) is 224 Å². The highest BCUT2D eigenvalue weighted by Crippen LogP contribution is 2.44. The summed E-state index contributed by atoms with van der Waals surface area (Å²) in [6, 6.07) is 45.6. The Morgan fingerprint density at radius 1 is 0.545 bits per heavy atom. The molecule has 0 aliphatic carbocycles. The van der Waals surface area contributed by atoms with Crippen LogP contribution in [0.25, 0.3) is 0 Å². The third kappa shape index (κ3) is 23.2. The predicted molar refractivity (Wildman–Crippen MR) is 465 cm³/mol. The van der Waals surface area contributed by atoms with Crippen LogP contribution in [0.5, 0.6) is 28.7 Å². The van der Waals surface area contributed by atoms with Crippen molar-refractivity contribution in [1.29, 1.82) is 0 Å². The Bertz CT molecular complexity index is 4360. The number of hydrogen-bond acceptors (Lipinski definition) is 14. The first kappa shape index (κ1) is 89.3. The molecular weight excluding hydrogens is 1410 g/mol. The number of amides is 3. The summed E-state index contributed by atoms with van der Waals surface area (Å²) >= 11 is 3.44. The molecule has 3 unspecified atom stereocenters. The minimum absolute atomic E-state index is 0. The van der Waals surface area contributed by atoms with Crippen LogP contribution in [0.3, 0.4) is 0 Å². The molecule has 0 bridgehead atoms. The lowest BCUT2D eigenvalue weighted by Gasteiger charge is -2.35. The lowest BCUT2D eigenvalue weighted by molar-refractivity contribution is -0.122. The van der Waals surface area contributed by atoms with Crippen LogP contribution in [0.4, 0.5) is 28.4 Å². The number of nitrogens with two attached hydrogens (primary N) is 2. The number of ether oxygens (including phenoxy) is 5. The fourth-order valence-corrected chi connectivity index (χ4v) is 14.5. The summed E-state index contributed by atoms with van der Waals surface area (Å²) in [4.78, 5) is 41.1. The highest BCUT2D eigenvalue weighted by Gasteiger charge is 2.37. The Balaban J connectivity index is 0.000000200. The van der Waals surface area contributed by atoms with Crippen molar-refractivity contribution in [2.24, 2.45) is 23.3 Å². The average molecular weight is 1530 g/mol. The average Bonchev–Trinajstić information content (AvgIpc) is 0.762. The Labute approximate surface area is 667 Å². The number of thioether (sulfide) groups is 2. The lowest BCUT2D eigenvalue weighted by atomic mass is 9.77. The Morgan fingerprint density at radius 2 is 1.03 bits per heavy atom. The van der Waals surface area contributed by atoms with Gasteiger partial charge in [-0.15, -0.1) is 29.9 Å². The predicted octanol–water partition coefficient (Wildman–Crippen LogP) is 22.3. The quantitative estimate of drug-likeness (QED) is 0.0813. The largest absolute Gasteiger partial charge is 0.493 e. The van der Waals surface area contributed by atoms with E-state index >= 15 is 0 Å². The molecule has 7 aromatic rings. The molecule has 3 atom stereocenters. The molecule has 590 valence electrons. The summed E-state index contributed by atoms with van der Waals surface area (Å²) in [6.07, 6.45) is 6.01. The number of primary amides is 2. The van der Waals surface area contributed by atoms with Crippen LogP contribution < -0.4 is 60.9 Å². The van der Waals surface area contributed by atoms with Crippen LogP contribution in [0.2, 0.25) is 0 Å². The van der Waals surface area contributed by atoms with E-state index in [1.165, 1.54) is 44.0 Å². The third-order valence-corrected chi connectivity index (χ3v) is 22.1. The van der Waals surface area contributed by atoms with Crippen molar-refractivity contribution in [3.8, 4) is 41.1 Å². The van der Waals surface area contributed by atoms with Crippen LogP contribution in [0, 0.1) is 24.2 Å². The van der Waals surface area contributed by atoms with Crippen LogP contribution in [-0.4, -0.2) is 74.8 Å². The summed E-state index contributed by atoms with van der Waals surface area (Å²) in [6.45, 7) is 52.7. The molecule has 14 rings (SSSR count). The van der Waals surface area contributed by atoms with Crippen molar-refractivity contribution in [1.82, 2.24) is 0 Å². The first-order valence-electron chi connectivity index (χ1n) is 37.6. The number of benzene rings is 7. The van der Waals surface area contributed by atoms with Gasteiger partial charge in [0.15, 0.2) is 0 Å². The van der Waals surface area contributed by atoms with Gasteiger partial charge in [0.1, 0.15) is 47.6 Å². The van der Waals surface area contributed by atoms with Crippen LogP contribution in [-0.2, 0) is 14.4 Å². The summed E-state index contributed by atoms with van der Waals surface area (Å²) < 4.78 is 28.2. The maximum atomic E-state index is 11.8. The molecule has 17 heteroatoms. The smallest absolute Gasteiger partial charge is 0.238 e. The highest BCUT2D eigenvalue weighted by molar-refractivity contribution is 8.00. The zero-order valence-corrected chi connectivity index (χ0v) is 68.3. The van der Waals surface area contributed by atoms with Crippen molar-refractivity contribution in [2.75, 3.05) is 77.3 Å². The molecular formula is C93H123N7O8S2. The lowest BCUT2D eigenvalue weighted by Crippen LogP contribution is -2.37. The van der Waals surface area contributed by atoms with E-state index in [1.54, 1.807) is 16.7 Å². The van der Waals surface area contributed by atoms with E-state index in [1.807, 2.05) is 87.3 Å². The second kappa shape index (κ2) is 40.4. The highest BCUT2D eigenvalue weighted by atomic mass is 32.2. The van der Waals surface area contributed by atoms with E-state index in [2.05, 4.69) is 229 Å². The molecule has 0 fully saturated rings. The molecule has 7 aliphatic heterocycles. The summed E-state index contributed by atoms with van der Waals surface area (Å²) in [5, 5.41) is 9.90. The maximum Gasteiger partial charge on any atom is 0.238 e. The molecule has 0 saturated heterocycles.